The van der Waals surface area contributed by atoms with Gasteiger partial charge in [0.05, 0.1) is 6.54 Å². The lowest BCUT2D eigenvalue weighted by molar-refractivity contribution is 0.198. The molecule has 1 fully saturated rings. The van der Waals surface area contributed by atoms with Crippen molar-refractivity contribution >= 4 is 0 Å². The molecule has 0 amide bonds. The van der Waals surface area contributed by atoms with Gasteiger partial charge in [0.25, 0.3) is 0 Å². The Kier molecular flexibility index (Phi) is 5.65. The molecule has 0 N–H and O–H groups in total. The minimum atomic E-state index is -0.305. The number of hydrogen-bond donors (Lipinski definition) is 0. The Morgan fingerprint density at radius 2 is 2.12 bits per heavy atom. The minimum Gasteiger partial charge on any atom is -0.489 e. The van der Waals surface area contributed by atoms with Gasteiger partial charge in [-0.1, -0.05) is 12.1 Å². The van der Waals surface area contributed by atoms with Gasteiger partial charge in [-0.2, -0.15) is 0 Å². The van der Waals surface area contributed by atoms with E-state index in [-0.39, 0.29) is 5.82 Å². The zero-order valence-corrected chi connectivity index (χ0v) is 15.2. The molecule has 0 bridgehead atoms. The minimum absolute atomic E-state index is 0.305. The predicted molar refractivity (Wildman–Crippen MR) is 93.9 cm³/mol. The van der Waals surface area contributed by atoms with Gasteiger partial charge in [-0.25, -0.2) is 4.39 Å². The predicted octanol–water partition coefficient (Wildman–Crippen LogP) is 1.85. The summed E-state index contributed by atoms with van der Waals surface area (Å²) in [7, 11) is 4.13. The average Bonchev–Trinajstić information content (AvgIpc) is 3.19. The van der Waals surface area contributed by atoms with Crippen molar-refractivity contribution in [1.82, 2.24) is 24.6 Å². The van der Waals surface area contributed by atoms with E-state index in [1.807, 2.05) is 18.5 Å². The zero-order valence-electron chi connectivity index (χ0n) is 15.2. The summed E-state index contributed by atoms with van der Waals surface area (Å²) in [6.07, 6.45) is 1.12. The highest BCUT2D eigenvalue weighted by Gasteiger charge is 2.26. The van der Waals surface area contributed by atoms with Crippen LogP contribution in [-0.4, -0.2) is 63.9 Å². The molecule has 1 atom stereocenters. The Balaban J connectivity index is 1.43. The van der Waals surface area contributed by atoms with Gasteiger partial charge in [-0.3, -0.25) is 9.80 Å². The molecule has 0 saturated carbocycles. The monoisotopic (exact) mass is 347 g/mol. The van der Waals surface area contributed by atoms with Crippen molar-refractivity contribution in [3.05, 3.63) is 41.7 Å². The Morgan fingerprint density at radius 1 is 1.32 bits per heavy atom. The van der Waals surface area contributed by atoms with Crippen LogP contribution in [0.3, 0.4) is 0 Å². The summed E-state index contributed by atoms with van der Waals surface area (Å²) in [5, 5.41) is 8.36. The molecule has 1 aliphatic rings. The van der Waals surface area contributed by atoms with Crippen LogP contribution in [0.25, 0.3) is 0 Å². The number of likely N-dealkylation sites (tertiary alicyclic amines) is 1. The SMILES string of the molecule is Cc1nnc(CN(C)[C@@H]2CCN(CCOc3ccccc3F)C2)n1C. The van der Waals surface area contributed by atoms with E-state index in [9.17, 15) is 4.39 Å². The maximum atomic E-state index is 13.5. The molecule has 0 radical (unpaired) electrons. The second-order valence-electron chi connectivity index (χ2n) is 6.66. The molecule has 2 heterocycles. The van der Waals surface area contributed by atoms with E-state index in [0.717, 1.165) is 44.2 Å². The van der Waals surface area contributed by atoms with Crippen LogP contribution in [0, 0.1) is 12.7 Å². The normalized spacial score (nSPS) is 18.2. The first-order chi connectivity index (χ1) is 12.0. The summed E-state index contributed by atoms with van der Waals surface area (Å²) < 4.78 is 21.1. The fourth-order valence-electron chi connectivity index (χ4n) is 3.16. The van der Waals surface area contributed by atoms with Crippen LogP contribution in [0.1, 0.15) is 18.1 Å². The molecule has 0 spiro atoms. The fourth-order valence-corrected chi connectivity index (χ4v) is 3.16. The first-order valence-electron chi connectivity index (χ1n) is 8.69. The smallest absolute Gasteiger partial charge is 0.165 e. The Bertz CT molecular complexity index is 705. The summed E-state index contributed by atoms with van der Waals surface area (Å²) in [4.78, 5) is 4.70. The molecule has 6 nitrogen and oxygen atoms in total. The third kappa shape index (κ3) is 4.35. The van der Waals surface area contributed by atoms with Gasteiger partial charge in [0.1, 0.15) is 18.3 Å². The maximum absolute atomic E-state index is 13.5. The van der Waals surface area contributed by atoms with Gasteiger partial charge in [-0.05, 0) is 39.1 Å². The quantitative estimate of drug-likeness (QED) is 0.765. The van der Waals surface area contributed by atoms with Crippen molar-refractivity contribution in [2.24, 2.45) is 7.05 Å². The van der Waals surface area contributed by atoms with E-state index >= 15 is 0 Å². The van der Waals surface area contributed by atoms with Crippen molar-refractivity contribution in [2.75, 3.05) is 33.3 Å². The Hall–Kier alpha value is -1.99. The van der Waals surface area contributed by atoms with E-state index in [1.54, 1.807) is 18.2 Å². The third-order valence-corrected chi connectivity index (χ3v) is 4.95. The van der Waals surface area contributed by atoms with Crippen molar-refractivity contribution in [2.45, 2.75) is 25.9 Å². The maximum Gasteiger partial charge on any atom is 0.165 e. The number of aromatic nitrogens is 3. The largest absolute Gasteiger partial charge is 0.489 e. The molecule has 136 valence electrons. The van der Waals surface area contributed by atoms with Crippen LogP contribution < -0.4 is 4.74 Å². The standard InChI is InChI=1S/C18H26FN5O/c1-14-20-21-18(23(14)3)13-22(2)15-8-9-24(12-15)10-11-25-17-7-5-4-6-16(17)19/h4-7,15H,8-13H2,1-3H3/t15-/m1/s1. The number of aryl methyl sites for hydroxylation is 1. The number of benzene rings is 1. The van der Waals surface area contributed by atoms with Crippen LogP contribution in [0.5, 0.6) is 5.75 Å². The summed E-state index contributed by atoms with van der Waals surface area (Å²) >= 11 is 0. The summed E-state index contributed by atoms with van der Waals surface area (Å²) in [5.41, 5.74) is 0. The Morgan fingerprint density at radius 3 is 2.84 bits per heavy atom. The van der Waals surface area contributed by atoms with E-state index in [4.69, 9.17) is 4.74 Å². The third-order valence-electron chi connectivity index (χ3n) is 4.95. The highest BCUT2D eigenvalue weighted by atomic mass is 19.1. The Labute approximate surface area is 148 Å². The number of ether oxygens (including phenoxy) is 1. The van der Waals surface area contributed by atoms with Crippen LogP contribution in [0.4, 0.5) is 4.39 Å². The second kappa shape index (κ2) is 7.93. The number of likely N-dealkylation sites (N-methyl/N-ethyl adjacent to an activating group) is 1. The van der Waals surface area contributed by atoms with Crippen molar-refractivity contribution in [3.8, 4) is 5.75 Å². The van der Waals surface area contributed by atoms with Crippen molar-refractivity contribution in [1.29, 1.82) is 0 Å². The number of hydrogen-bond acceptors (Lipinski definition) is 5. The van der Waals surface area contributed by atoms with Crippen molar-refractivity contribution in [3.63, 3.8) is 0 Å². The molecule has 0 aliphatic carbocycles. The average molecular weight is 347 g/mol. The summed E-state index contributed by atoms with van der Waals surface area (Å²) in [6.45, 7) is 6.09. The van der Waals surface area contributed by atoms with Crippen LogP contribution in [0.2, 0.25) is 0 Å². The van der Waals surface area contributed by atoms with Crippen LogP contribution in [0.15, 0.2) is 24.3 Å². The van der Waals surface area contributed by atoms with Gasteiger partial charge >= 0.3 is 0 Å². The van der Waals surface area contributed by atoms with Crippen LogP contribution >= 0.6 is 0 Å². The number of halogens is 1. The molecule has 1 aliphatic heterocycles. The molecular weight excluding hydrogens is 321 g/mol. The van der Waals surface area contributed by atoms with Crippen LogP contribution in [-0.2, 0) is 13.6 Å². The zero-order chi connectivity index (χ0) is 17.8. The number of rotatable bonds is 7. The van der Waals surface area contributed by atoms with E-state index in [2.05, 4.69) is 27.0 Å². The van der Waals surface area contributed by atoms with Gasteiger partial charge in [0, 0.05) is 26.2 Å². The highest BCUT2D eigenvalue weighted by molar-refractivity contribution is 5.23. The van der Waals surface area contributed by atoms with E-state index in [1.165, 1.54) is 6.07 Å². The van der Waals surface area contributed by atoms with Gasteiger partial charge in [-0.15, -0.1) is 10.2 Å². The molecule has 7 heteroatoms. The first kappa shape index (κ1) is 17.8. The summed E-state index contributed by atoms with van der Waals surface area (Å²) in [6, 6.07) is 7.03. The van der Waals surface area contributed by atoms with Crippen molar-refractivity contribution < 1.29 is 9.13 Å². The van der Waals surface area contributed by atoms with Gasteiger partial charge in [0.15, 0.2) is 11.6 Å². The molecule has 3 rings (SSSR count). The molecule has 2 aromatic rings. The number of nitrogens with zero attached hydrogens (tertiary/aromatic N) is 5. The van der Waals surface area contributed by atoms with Gasteiger partial charge in [0.2, 0.25) is 0 Å². The second-order valence-corrected chi connectivity index (χ2v) is 6.66. The van der Waals surface area contributed by atoms with E-state index < -0.39 is 0 Å². The number of para-hydroxylation sites is 1. The van der Waals surface area contributed by atoms with Gasteiger partial charge < -0.3 is 9.30 Å². The highest BCUT2D eigenvalue weighted by Crippen LogP contribution is 2.18. The molecular formula is C18H26FN5O. The summed E-state index contributed by atoms with van der Waals surface area (Å²) in [5.74, 6) is 1.94. The lowest BCUT2D eigenvalue weighted by Gasteiger charge is -2.24. The molecule has 0 unspecified atom stereocenters. The topological polar surface area (TPSA) is 46.4 Å². The lowest BCUT2D eigenvalue weighted by Crippen LogP contribution is -2.35. The first-order valence-corrected chi connectivity index (χ1v) is 8.69. The molecule has 25 heavy (non-hydrogen) atoms. The molecule has 1 aromatic carbocycles. The van der Waals surface area contributed by atoms with E-state index in [0.29, 0.717) is 18.4 Å². The molecule has 1 saturated heterocycles. The fraction of sp³-hybridized carbons (Fsp3) is 0.556. The molecule has 1 aromatic heterocycles. The lowest BCUT2D eigenvalue weighted by atomic mass is 10.2.